The highest BCUT2D eigenvalue weighted by Crippen LogP contribution is 2.33. The molecule has 1 amide bonds. The van der Waals surface area contributed by atoms with Gasteiger partial charge in [0.05, 0.1) is 0 Å². The van der Waals surface area contributed by atoms with E-state index in [0.29, 0.717) is 6.42 Å². The van der Waals surface area contributed by atoms with Crippen molar-refractivity contribution in [3.63, 3.8) is 0 Å². The van der Waals surface area contributed by atoms with Crippen molar-refractivity contribution < 1.29 is 9.18 Å². The average Bonchev–Trinajstić information content (AvgIpc) is 2.89. The van der Waals surface area contributed by atoms with E-state index < -0.39 is 0 Å². The van der Waals surface area contributed by atoms with Crippen molar-refractivity contribution in [2.75, 3.05) is 5.32 Å². The second kappa shape index (κ2) is 4.45. The van der Waals surface area contributed by atoms with Crippen molar-refractivity contribution in [3.8, 4) is 11.1 Å². The summed E-state index contributed by atoms with van der Waals surface area (Å²) in [6, 6.07) is 10.8. The predicted molar refractivity (Wildman–Crippen MR) is 80.6 cm³/mol. The molecule has 0 unspecified atom stereocenters. The maximum absolute atomic E-state index is 13.2. The van der Waals surface area contributed by atoms with Crippen LogP contribution in [-0.2, 0) is 11.2 Å². The molecule has 21 heavy (non-hydrogen) atoms. The summed E-state index contributed by atoms with van der Waals surface area (Å²) >= 11 is 0. The van der Waals surface area contributed by atoms with E-state index >= 15 is 0 Å². The molecule has 1 aliphatic heterocycles. The summed E-state index contributed by atoms with van der Waals surface area (Å²) in [5.41, 5.74) is 4.94. The molecule has 0 bridgehead atoms. The van der Waals surface area contributed by atoms with Crippen LogP contribution in [0.3, 0.4) is 0 Å². The van der Waals surface area contributed by atoms with E-state index in [0.717, 1.165) is 39.7 Å². The van der Waals surface area contributed by atoms with Crippen molar-refractivity contribution in [2.24, 2.45) is 0 Å². The number of fused-ring (bicyclic) bond motifs is 2. The van der Waals surface area contributed by atoms with Gasteiger partial charge in [0, 0.05) is 34.8 Å². The molecule has 4 heteroatoms. The molecule has 0 atom stereocenters. The van der Waals surface area contributed by atoms with Gasteiger partial charge >= 0.3 is 0 Å². The highest BCUT2D eigenvalue weighted by molar-refractivity contribution is 5.97. The number of nitrogens with one attached hydrogen (secondary N) is 2. The molecule has 4 rings (SSSR count). The minimum Gasteiger partial charge on any atom is -0.360 e. The zero-order chi connectivity index (χ0) is 14.4. The van der Waals surface area contributed by atoms with Crippen LogP contribution in [0.15, 0.2) is 42.6 Å². The number of benzene rings is 2. The van der Waals surface area contributed by atoms with E-state index in [2.05, 4.69) is 16.4 Å². The first kappa shape index (κ1) is 12.1. The largest absolute Gasteiger partial charge is 0.360 e. The second-order valence-electron chi connectivity index (χ2n) is 5.31. The van der Waals surface area contributed by atoms with Gasteiger partial charge in [0.25, 0.3) is 0 Å². The number of hydrogen-bond donors (Lipinski definition) is 2. The van der Waals surface area contributed by atoms with Crippen LogP contribution in [0.25, 0.3) is 22.0 Å². The van der Waals surface area contributed by atoms with Crippen LogP contribution in [0.1, 0.15) is 12.0 Å². The lowest BCUT2D eigenvalue weighted by molar-refractivity contribution is -0.116. The summed E-state index contributed by atoms with van der Waals surface area (Å²) in [4.78, 5) is 14.5. The van der Waals surface area contributed by atoms with Gasteiger partial charge in [-0.25, -0.2) is 4.39 Å². The number of carbonyl (C=O) groups is 1. The van der Waals surface area contributed by atoms with Gasteiger partial charge in [0.1, 0.15) is 5.82 Å². The third-order valence-corrected chi connectivity index (χ3v) is 3.96. The van der Waals surface area contributed by atoms with Crippen LogP contribution in [0.4, 0.5) is 10.1 Å². The molecule has 3 aromatic rings. The first-order valence-corrected chi connectivity index (χ1v) is 6.90. The molecule has 0 saturated carbocycles. The Morgan fingerprint density at radius 2 is 1.95 bits per heavy atom. The minimum atomic E-state index is -0.246. The Morgan fingerprint density at radius 1 is 1.05 bits per heavy atom. The summed E-state index contributed by atoms with van der Waals surface area (Å²) in [5, 5.41) is 3.88. The lowest BCUT2D eigenvalue weighted by Gasteiger charge is -2.17. The molecule has 3 nitrogen and oxygen atoms in total. The fourth-order valence-electron chi connectivity index (χ4n) is 2.89. The summed E-state index contributed by atoms with van der Waals surface area (Å²) in [5.74, 6) is -0.179. The Bertz CT molecular complexity index is 866. The maximum atomic E-state index is 13.2. The van der Waals surface area contributed by atoms with Gasteiger partial charge in [0.2, 0.25) is 5.91 Å². The molecule has 104 valence electrons. The molecule has 2 heterocycles. The Hall–Kier alpha value is -2.62. The number of aromatic amines is 1. The SMILES string of the molecule is O=C1CCc2cc(-c3c[nH]c4cc(F)ccc34)ccc2N1. The van der Waals surface area contributed by atoms with Crippen molar-refractivity contribution in [1.82, 2.24) is 4.98 Å². The van der Waals surface area contributed by atoms with Crippen LogP contribution in [0.5, 0.6) is 0 Å². The van der Waals surface area contributed by atoms with E-state index in [1.807, 2.05) is 18.3 Å². The third-order valence-electron chi connectivity index (χ3n) is 3.96. The molecule has 2 N–H and O–H groups in total. The number of anilines is 1. The summed E-state index contributed by atoms with van der Waals surface area (Å²) in [6.45, 7) is 0. The lowest BCUT2D eigenvalue weighted by Crippen LogP contribution is -2.18. The number of aromatic nitrogens is 1. The first-order chi connectivity index (χ1) is 10.2. The zero-order valence-corrected chi connectivity index (χ0v) is 11.2. The monoisotopic (exact) mass is 280 g/mol. The van der Waals surface area contributed by atoms with Gasteiger partial charge in [-0.3, -0.25) is 4.79 Å². The Labute approximate surface area is 120 Å². The van der Waals surface area contributed by atoms with Gasteiger partial charge in [0.15, 0.2) is 0 Å². The molecule has 1 aromatic heterocycles. The third kappa shape index (κ3) is 2.00. The summed E-state index contributed by atoms with van der Waals surface area (Å²) in [6.07, 6.45) is 3.18. The normalized spacial score (nSPS) is 14.0. The Morgan fingerprint density at radius 3 is 2.86 bits per heavy atom. The van der Waals surface area contributed by atoms with Crippen molar-refractivity contribution >= 4 is 22.5 Å². The zero-order valence-electron chi connectivity index (χ0n) is 11.2. The lowest BCUT2D eigenvalue weighted by atomic mass is 9.97. The second-order valence-corrected chi connectivity index (χ2v) is 5.31. The molecule has 0 aliphatic carbocycles. The fraction of sp³-hybridized carbons (Fsp3) is 0.118. The number of amides is 1. The molecule has 0 saturated heterocycles. The number of hydrogen-bond acceptors (Lipinski definition) is 1. The van der Waals surface area contributed by atoms with Crippen molar-refractivity contribution in [1.29, 1.82) is 0 Å². The van der Waals surface area contributed by atoms with Crippen LogP contribution >= 0.6 is 0 Å². The fourth-order valence-corrected chi connectivity index (χ4v) is 2.89. The Kier molecular flexibility index (Phi) is 2.57. The van der Waals surface area contributed by atoms with E-state index in [-0.39, 0.29) is 11.7 Å². The number of carbonyl (C=O) groups excluding carboxylic acids is 1. The van der Waals surface area contributed by atoms with E-state index in [1.54, 1.807) is 6.07 Å². The summed E-state index contributed by atoms with van der Waals surface area (Å²) in [7, 11) is 0. The van der Waals surface area contributed by atoms with Gasteiger partial charge in [-0.2, -0.15) is 0 Å². The molecule has 0 fully saturated rings. The smallest absolute Gasteiger partial charge is 0.224 e. The van der Waals surface area contributed by atoms with Gasteiger partial charge in [-0.05, 0) is 47.9 Å². The van der Waals surface area contributed by atoms with Crippen molar-refractivity contribution in [3.05, 3.63) is 54.0 Å². The number of halogens is 1. The minimum absolute atomic E-state index is 0.0674. The van der Waals surface area contributed by atoms with Gasteiger partial charge in [-0.1, -0.05) is 6.07 Å². The van der Waals surface area contributed by atoms with Crippen LogP contribution < -0.4 is 5.32 Å². The standard InChI is InChI=1S/C17H13FN2O/c18-12-3-4-13-14(9-19-16(13)8-12)10-1-5-15-11(7-10)2-6-17(21)20-15/h1,3-5,7-9,19H,2,6H2,(H,20,21). The molecular weight excluding hydrogens is 267 g/mol. The Balaban J connectivity index is 1.84. The van der Waals surface area contributed by atoms with Crippen LogP contribution in [0, 0.1) is 5.82 Å². The topological polar surface area (TPSA) is 44.9 Å². The van der Waals surface area contributed by atoms with Crippen LogP contribution in [-0.4, -0.2) is 10.9 Å². The number of rotatable bonds is 1. The maximum Gasteiger partial charge on any atom is 0.224 e. The average molecular weight is 280 g/mol. The quantitative estimate of drug-likeness (QED) is 0.698. The van der Waals surface area contributed by atoms with Crippen molar-refractivity contribution in [2.45, 2.75) is 12.8 Å². The van der Waals surface area contributed by atoms with E-state index in [1.165, 1.54) is 12.1 Å². The van der Waals surface area contributed by atoms with Crippen LogP contribution in [0.2, 0.25) is 0 Å². The number of aryl methyl sites for hydroxylation is 1. The highest BCUT2D eigenvalue weighted by Gasteiger charge is 2.16. The summed E-state index contributed by atoms with van der Waals surface area (Å²) < 4.78 is 13.2. The number of H-pyrrole nitrogens is 1. The molecule has 0 spiro atoms. The van der Waals surface area contributed by atoms with E-state index in [9.17, 15) is 9.18 Å². The van der Waals surface area contributed by atoms with E-state index in [4.69, 9.17) is 0 Å². The highest BCUT2D eigenvalue weighted by atomic mass is 19.1. The molecule has 2 aromatic carbocycles. The molecule has 1 aliphatic rings. The predicted octanol–water partition coefficient (Wildman–Crippen LogP) is 3.86. The van der Waals surface area contributed by atoms with Gasteiger partial charge in [-0.15, -0.1) is 0 Å². The molecule has 0 radical (unpaired) electrons. The van der Waals surface area contributed by atoms with Gasteiger partial charge < -0.3 is 10.3 Å². The first-order valence-electron chi connectivity index (χ1n) is 6.90. The molecular formula is C17H13FN2O.